The summed E-state index contributed by atoms with van der Waals surface area (Å²) in [7, 11) is 0. The van der Waals surface area contributed by atoms with Crippen LogP contribution in [0.15, 0.2) is 77.0 Å². The Kier molecular flexibility index (Phi) is 5.59. The molecule has 1 nitrogen and oxygen atoms in total. The van der Waals surface area contributed by atoms with Gasteiger partial charge in [0.05, 0.1) is 0 Å². The zero-order valence-electron chi connectivity index (χ0n) is 16.6. The van der Waals surface area contributed by atoms with Crippen molar-refractivity contribution in [2.45, 2.75) is 44.2 Å². The van der Waals surface area contributed by atoms with Crippen LogP contribution in [-0.4, -0.2) is 23.5 Å². The number of nitrogens with zero attached hydrogens (tertiary/aromatic N) is 1. The van der Waals surface area contributed by atoms with E-state index in [0.29, 0.717) is 12.1 Å². The summed E-state index contributed by atoms with van der Waals surface area (Å²) in [5, 5.41) is 5.36. The van der Waals surface area contributed by atoms with Crippen molar-refractivity contribution in [1.82, 2.24) is 4.90 Å². The Hall–Kier alpha value is -1.87. The second-order valence-corrected chi connectivity index (χ2v) is 9.48. The number of piperidine rings is 1. The van der Waals surface area contributed by atoms with Crippen molar-refractivity contribution in [1.29, 1.82) is 0 Å². The summed E-state index contributed by atoms with van der Waals surface area (Å²) >= 11 is 7.97. The molecule has 1 aromatic heterocycles. The van der Waals surface area contributed by atoms with Gasteiger partial charge in [0, 0.05) is 23.7 Å². The maximum atomic E-state index is 6.18. The van der Waals surface area contributed by atoms with Crippen molar-refractivity contribution in [2.24, 2.45) is 0 Å². The Labute approximate surface area is 182 Å². The summed E-state index contributed by atoms with van der Waals surface area (Å²) in [5.74, 6) is 0. The fraction of sp³-hybridized carbons (Fsp3) is 0.308. The van der Waals surface area contributed by atoms with Crippen LogP contribution >= 0.6 is 22.9 Å². The van der Waals surface area contributed by atoms with Gasteiger partial charge in [0.25, 0.3) is 0 Å². The first-order chi connectivity index (χ1) is 14.3. The van der Waals surface area contributed by atoms with E-state index >= 15 is 0 Å². The lowest BCUT2D eigenvalue weighted by atomic mass is 9.86. The van der Waals surface area contributed by atoms with Crippen molar-refractivity contribution >= 4 is 28.5 Å². The minimum atomic E-state index is 0.681. The molecule has 2 fully saturated rings. The van der Waals surface area contributed by atoms with E-state index in [0.717, 1.165) is 18.0 Å². The molecular formula is C26H26ClNS. The molecule has 0 spiro atoms. The predicted molar refractivity (Wildman–Crippen MR) is 125 cm³/mol. The Morgan fingerprint density at radius 2 is 1.72 bits per heavy atom. The quantitative estimate of drug-likeness (QED) is 0.427. The molecule has 5 rings (SSSR count). The molecule has 0 radical (unpaired) electrons. The van der Waals surface area contributed by atoms with Gasteiger partial charge >= 0.3 is 0 Å². The number of benzene rings is 2. The van der Waals surface area contributed by atoms with Gasteiger partial charge in [-0.2, -0.15) is 11.3 Å². The van der Waals surface area contributed by atoms with Crippen LogP contribution in [0.25, 0.3) is 5.57 Å². The molecule has 2 saturated heterocycles. The number of hydrogen-bond donors (Lipinski definition) is 0. The van der Waals surface area contributed by atoms with E-state index in [1.54, 1.807) is 16.9 Å². The van der Waals surface area contributed by atoms with Gasteiger partial charge in [-0.3, -0.25) is 4.90 Å². The number of hydrogen-bond acceptors (Lipinski definition) is 2. The summed E-state index contributed by atoms with van der Waals surface area (Å²) in [6.07, 6.45) is 6.14. The maximum absolute atomic E-state index is 6.18. The average molecular weight is 420 g/mol. The highest BCUT2D eigenvalue weighted by molar-refractivity contribution is 7.08. The van der Waals surface area contributed by atoms with Crippen molar-refractivity contribution in [3.8, 4) is 0 Å². The Morgan fingerprint density at radius 3 is 2.41 bits per heavy atom. The van der Waals surface area contributed by atoms with Gasteiger partial charge in [0.15, 0.2) is 0 Å². The van der Waals surface area contributed by atoms with Crippen LogP contribution in [-0.2, 0) is 6.42 Å². The molecule has 2 aliphatic rings. The summed E-state index contributed by atoms with van der Waals surface area (Å²) in [6, 6.07) is 23.0. The smallest absolute Gasteiger partial charge is 0.0408 e. The zero-order chi connectivity index (χ0) is 19.6. The van der Waals surface area contributed by atoms with Gasteiger partial charge in [0.2, 0.25) is 0 Å². The van der Waals surface area contributed by atoms with E-state index in [2.05, 4.69) is 70.3 Å². The van der Waals surface area contributed by atoms with E-state index < -0.39 is 0 Å². The Balaban J connectivity index is 1.39. The Bertz CT molecular complexity index is 977. The highest BCUT2D eigenvalue weighted by atomic mass is 35.5. The lowest BCUT2D eigenvalue weighted by molar-refractivity contribution is 0.168. The second-order valence-electron chi connectivity index (χ2n) is 8.27. The highest BCUT2D eigenvalue weighted by Gasteiger charge is 2.39. The molecule has 3 aromatic rings. The zero-order valence-corrected chi connectivity index (χ0v) is 18.1. The molecule has 29 heavy (non-hydrogen) atoms. The van der Waals surface area contributed by atoms with Crippen LogP contribution in [0.3, 0.4) is 0 Å². The number of fused-ring (bicyclic) bond motifs is 2. The lowest BCUT2D eigenvalue weighted by Crippen LogP contribution is -2.41. The Morgan fingerprint density at radius 1 is 0.931 bits per heavy atom. The van der Waals surface area contributed by atoms with Gasteiger partial charge in [0.1, 0.15) is 0 Å². The van der Waals surface area contributed by atoms with Crippen LogP contribution in [0.2, 0.25) is 5.02 Å². The van der Waals surface area contributed by atoms with Crippen LogP contribution in [0.1, 0.15) is 42.4 Å². The van der Waals surface area contributed by atoms with E-state index in [1.807, 2.05) is 6.07 Å². The summed E-state index contributed by atoms with van der Waals surface area (Å²) in [5.41, 5.74) is 7.25. The topological polar surface area (TPSA) is 3.24 Å². The molecule has 0 saturated carbocycles. The van der Waals surface area contributed by atoms with Gasteiger partial charge in [-0.15, -0.1) is 0 Å². The normalized spacial score (nSPS) is 21.5. The minimum absolute atomic E-state index is 0.681. The maximum Gasteiger partial charge on any atom is 0.0408 e. The third-order valence-corrected chi connectivity index (χ3v) is 7.43. The highest BCUT2D eigenvalue weighted by Crippen LogP contribution is 2.43. The first-order valence-corrected chi connectivity index (χ1v) is 11.9. The SMILES string of the molecule is Clc1cccc(CCN2C3CCC2CC(=C(c2ccccc2)c2ccsc2)C3)c1. The lowest BCUT2D eigenvalue weighted by Gasteiger charge is -2.37. The first-order valence-electron chi connectivity index (χ1n) is 10.6. The summed E-state index contributed by atoms with van der Waals surface area (Å²) in [6.45, 7) is 1.14. The van der Waals surface area contributed by atoms with Crippen LogP contribution in [0.5, 0.6) is 0 Å². The minimum Gasteiger partial charge on any atom is -0.296 e. The molecule has 2 unspecified atom stereocenters. The molecule has 0 aliphatic carbocycles. The van der Waals surface area contributed by atoms with Gasteiger partial charge in [-0.1, -0.05) is 59.6 Å². The van der Waals surface area contributed by atoms with E-state index in [4.69, 9.17) is 11.6 Å². The number of rotatable bonds is 5. The van der Waals surface area contributed by atoms with E-state index in [1.165, 1.54) is 47.9 Å². The van der Waals surface area contributed by atoms with Gasteiger partial charge in [-0.25, -0.2) is 0 Å². The number of thiophene rings is 1. The second kappa shape index (κ2) is 8.47. The van der Waals surface area contributed by atoms with Crippen molar-refractivity contribution in [3.05, 3.63) is 98.7 Å². The fourth-order valence-corrected chi connectivity index (χ4v) is 6.07. The van der Waals surface area contributed by atoms with E-state index in [9.17, 15) is 0 Å². The molecule has 148 valence electrons. The summed E-state index contributed by atoms with van der Waals surface area (Å²) in [4.78, 5) is 2.78. The van der Waals surface area contributed by atoms with E-state index in [-0.39, 0.29) is 0 Å². The molecule has 2 atom stereocenters. The molecule has 2 aliphatic heterocycles. The predicted octanol–water partition coefficient (Wildman–Crippen LogP) is 7.07. The molecule has 0 amide bonds. The largest absolute Gasteiger partial charge is 0.296 e. The molecule has 2 bridgehead atoms. The van der Waals surface area contributed by atoms with Crippen molar-refractivity contribution < 1.29 is 0 Å². The molecular weight excluding hydrogens is 394 g/mol. The van der Waals surface area contributed by atoms with Crippen molar-refractivity contribution in [2.75, 3.05) is 6.54 Å². The van der Waals surface area contributed by atoms with Crippen LogP contribution in [0.4, 0.5) is 0 Å². The molecule has 2 aromatic carbocycles. The fourth-order valence-electron chi connectivity index (χ4n) is 5.21. The van der Waals surface area contributed by atoms with Crippen molar-refractivity contribution in [3.63, 3.8) is 0 Å². The molecule has 3 heterocycles. The number of halogens is 1. The van der Waals surface area contributed by atoms with Crippen LogP contribution < -0.4 is 0 Å². The monoisotopic (exact) mass is 419 g/mol. The molecule has 3 heteroatoms. The van der Waals surface area contributed by atoms with Gasteiger partial charge in [-0.05, 0) is 83.3 Å². The third kappa shape index (κ3) is 4.07. The standard InChI is InChI=1S/C26H26ClNS/c27-23-8-4-5-19(15-23)11-13-28-24-9-10-25(28)17-22(16-24)26(21-12-14-29-18-21)20-6-2-1-3-7-20/h1-8,12,14-15,18,24-25H,9-11,13,16-17H2. The average Bonchev–Trinajstić information content (AvgIpc) is 3.34. The molecule has 0 N–H and O–H groups in total. The summed E-state index contributed by atoms with van der Waals surface area (Å²) < 4.78 is 0. The third-order valence-electron chi connectivity index (χ3n) is 6.51. The van der Waals surface area contributed by atoms with Gasteiger partial charge < -0.3 is 0 Å². The van der Waals surface area contributed by atoms with Crippen LogP contribution in [0, 0.1) is 0 Å². The first kappa shape index (κ1) is 19.1.